The van der Waals surface area contributed by atoms with E-state index in [2.05, 4.69) is 0 Å². The van der Waals surface area contributed by atoms with E-state index in [9.17, 15) is 4.79 Å². The number of benzene rings is 1. The van der Waals surface area contributed by atoms with E-state index in [1.165, 1.54) is 0 Å². The minimum absolute atomic E-state index is 0.0632. The maximum atomic E-state index is 11.0. The Kier molecular flexibility index (Phi) is 2.53. The molecule has 0 bridgehead atoms. The summed E-state index contributed by atoms with van der Waals surface area (Å²) >= 11 is 0. The summed E-state index contributed by atoms with van der Waals surface area (Å²) in [5, 5.41) is 0. The van der Waals surface area contributed by atoms with E-state index < -0.39 is 0 Å². The fraction of sp³-hybridized carbons (Fsp3) is 0.222. The Morgan fingerprint density at radius 3 is 2.67 bits per heavy atom. The summed E-state index contributed by atoms with van der Waals surface area (Å²) in [6.45, 7) is 1.55. The van der Waals surface area contributed by atoms with Gasteiger partial charge in [0.05, 0.1) is 7.11 Å². The molecule has 62 valence electrons. The van der Waals surface area contributed by atoms with Crippen LogP contribution in [0, 0.1) is 0 Å². The summed E-state index contributed by atoms with van der Waals surface area (Å²) in [5.74, 6) is 0.830. The number of ketones is 1. The van der Waals surface area contributed by atoms with Gasteiger partial charge in [0.1, 0.15) is 13.6 Å². The minimum atomic E-state index is 0.0632. The topological polar surface area (TPSA) is 26.3 Å². The van der Waals surface area contributed by atoms with Crippen molar-refractivity contribution in [2.45, 2.75) is 6.92 Å². The minimum Gasteiger partial charge on any atom is -0.497 e. The van der Waals surface area contributed by atoms with Gasteiger partial charge in [0.2, 0.25) is 0 Å². The molecule has 0 aliphatic heterocycles. The third-order valence-corrected chi connectivity index (χ3v) is 1.81. The Labute approximate surface area is 73.0 Å². The zero-order valence-electron chi connectivity index (χ0n) is 7.55. The zero-order chi connectivity index (χ0) is 9.14. The van der Waals surface area contributed by atoms with E-state index in [1.54, 1.807) is 26.2 Å². The van der Waals surface area contributed by atoms with Crippen LogP contribution in [-0.2, 0) is 0 Å². The molecule has 0 atom stereocenters. The van der Waals surface area contributed by atoms with Crippen LogP contribution in [0.15, 0.2) is 18.2 Å². The summed E-state index contributed by atoms with van der Waals surface area (Å²) in [5.41, 5.74) is 1.74. The Bertz CT molecular complexity index is 307. The normalized spacial score (nSPS) is 9.50. The van der Waals surface area contributed by atoms with Crippen molar-refractivity contribution in [1.82, 2.24) is 0 Å². The lowest BCUT2D eigenvalue weighted by atomic mass is 9.93. The molecule has 0 aromatic heterocycles. The second-order valence-electron chi connectivity index (χ2n) is 2.74. The van der Waals surface area contributed by atoms with Gasteiger partial charge in [-0.25, -0.2) is 0 Å². The summed E-state index contributed by atoms with van der Waals surface area (Å²) in [7, 11) is 3.55. The largest absolute Gasteiger partial charge is 0.497 e. The van der Waals surface area contributed by atoms with Crippen LogP contribution in [0.5, 0.6) is 5.75 Å². The highest BCUT2D eigenvalue weighted by Gasteiger charge is 2.02. The van der Waals surface area contributed by atoms with Crippen LogP contribution in [0.25, 0.3) is 0 Å². The maximum Gasteiger partial charge on any atom is 0.159 e. The molecule has 0 aliphatic carbocycles. The summed E-state index contributed by atoms with van der Waals surface area (Å²) in [6, 6.07) is 5.45. The van der Waals surface area contributed by atoms with E-state index in [0.29, 0.717) is 5.56 Å². The number of methoxy groups -OCH3 is 1. The third-order valence-electron chi connectivity index (χ3n) is 1.81. The fourth-order valence-corrected chi connectivity index (χ4v) is 1.04. The standard InChI is InChI=1S/C9H11BO2/c1-6(11)7-3-4-8(10)9(5-7)12-2/h3-5H,10H2,1-2H3. The van der Waals surface area contributed by atoms with Gasteiger partial charge in [0, 0.05) is 5.56 Å². The first-order chi connectivity index (χ1) is 5.65. The molecule has 0 saturated heterocycles. The van der Waals surface area contributed by atoms with Crippen molar-refractivity contribution in [1.29, 1.82) is 0 Å². The molecule has 0 fully saturated rings. The van der Waals surface area contributed by atoms with Gasteiger partial charge < -0.3 is 4.74 Å². The molecule has 0 heterocycles. The second-order valence-corrected chi connectivity index (χ2v) is 2.74. The molecular formula is C9H11BO2. The molecular weight excluding hydrogens is 151 g/mol. The Morgan fingerprint density at radius 1 is 1.50 bits per heavy atom. The number of Topliss-reactive ketones (excluding diaryl/α,β-unsaturated/α-hetero) is 1. The predicted octanol–water partition coefficient (Wildman–Crippen LogP) is 0.156. The van der Waals surface area contributed by atoms with Crippen molar-refractivity contribution in [2.75, 3.05) is 7.11 Å². The lowest BCUT2D eigenvalue weighted by molar-refractivity contribution is 0.101. The molecule has 0 spiro atoms. The average molecular weight is 162 g/mol. The Balaban J connectivity index is 3.13. The molecule has 1 rings (SSSR count). The summed E-state index contributed by atoms with van der Waals surface area (Å²) in [6.07, 6.45) is 0. The van der Waals surface area contributed by atoms with Crippen LogP contribution in [0.1, 0.15) is 17.3 Å². The summed E-state index contributed by atoms with van der Waals surface area (Å²) < 4.78 is 5.08. The SMILES string of the molecule is Bc1ccc(C(C)=O)cc1OC. The fourth-order valence-electron chi connectivity index (χ4n) is 1.04. The quantitative estimate of drug-likeness (QED) is 0.457. The molecule has 0 saturated carbocycles. The maximum absolute atomic E-state index is 11.0. The van der Waals surface area contributed by atoms with Crippen LogP contribution < -0.4 is 10.2 Å². The smallest absolute Gasteiger partial charge is 0.159 e. The predicted molar refractivity (Wildman–Crippen MR) is 51.2 cm³/mol. The van der Waals surface area contributed by atoms with Gasteiger partial charge in [-0.15, -0.1) is 0 Å². The van der Waals surface area contributed by atoms with Gasteiger partial charge in [-0.05, 0) is 18.5 Å². The third kappa shape index (κ3) is 1.67. The first-order valence-electron chi connectivity index (χ1n) is 3.80. The lowest BCUT2D eigenvalue weighted by Gasteiger charge is -2.05. The zero-order valence-corrected chi connectivity index (χ0v) is 7.55. The van der Waals surface area contributed by atoms with E-state index in [4.69, 9.17) is 4.74 Å². The molecule has 0 amide bonds. The van der Waals surface area contributed by atoms with Gasteiger partial charge in [-0.2, -0.15) is 0 Å². The van der Waals surface area contributed by atoms with Crippen molar-refractivity contribution >= 4 is 19.1 Å². The first-order valence-corrected chi connectivity index (χ1v) is 3.80. The number of hydrogen-bond donors (Lipinski definition) is 0. The van der Waals surface area contributed by atoms with Crippen LogP contribution in [0.4, 0.5) is 0 Å². The monoisotopic (exact) mass is 162 g/mol. The molecule has 12 heavy (non-hydrogen) atoms. The van der Waals surface area contributed by atoms with Crippen LogP contribution in [0.3, 0.4) is 0 Å². The van der Waals surface area contributed by atoms with Crippen molar-refractivity contribution in [3.8, 4) is 5.75 Å². The first kappa shape index (κ1) is 8.85. The highest BCUT2D eigenvalue weighted by Crippen LogP contribution is 2.09. The van der Waals surface area contributed by atoms with Gasteiger partial charge in [0.15, 0.2) is 5.78 Å². The van der Waals surface area contributed by atoms with Crippen molar-refractivity contribution in [3.63, 3.8) is 0 Å². The van der Waals surface area contributed by atoms with Crippen molar-refractivity contribution in [2.24, 2.45) is 0 Å². The van der Waals surface area contributed by atoms with Crippen LogP contribution in [0.2, 0.25) is 0 Å². The van der Waals surface area contributed by atoms with E-state index in [0.717, 1.165) is 11.2 Å². The molecule has 1 aromatic carbocycles. The summed E-state index contributed by atoms with van der Waals surface area (Å²) in [4.78, 5) is 11.0. The number of hydrogen-bond acceptors (Lipinski definition) is 2. The van der Waals surface area contributed by atoms with E-state index in [-0.39, 0.29) is 5.78 Å². The van der Waals surface area contributed by atoms with Crippen molar-refractivity contribution < 1.29 is 9.53 Å². The van der Waals surface area contributed by atoms with Crippen LogP contribution in [-0.4, -0.2) is 20.7 Å². The molecule has 3 heteroatoms. The second kappa shape index (κ2) is 3.43. The number of carbonyl (C=O) groups excluding carboxylic acids is 1. The molecule has 0 N–H and O–H groups in total. The van der Waals surface area contributed by atoms with E-state index in [1.807, 2.05) is 13.9 Å². The highest BCUT2D eigenvalue weighted by atomic mass is 16.5. The molecule has 2 nitrogen and oxygen atoms in total. The average Bonchev–Trinajstić information content (AvgIpc) is 2.05. The number of ether oxygens (including phenoxy) is 1. The molecule has 1 aromatic rings. The number of carbonyl (C=O) groups is 1. The van der Waals surface area contributed by atoms with Gasteiger partial charge in [0.25, 0.3) is 0 Å². The van der Waals surface area contributed by atoms with Gasteiger partial charge in [-0.1, -0.05) is 12.1 Å². The van der Waals surface area contributed by atoms with Crippen LogP contribution >= 0.6 is 0 Å². The highest BCUT2D eigenvalue weighted by molar-refractivity contribution is 6.34. The lowest BCUT2D eigenvalue weighted by Crippen LogP contribution is -2.08. The molecule has 0 unspecified atom stereocenters. The Hall–Kier alpha value is -1.25. The number of rotatable bonds is 2. The molecule has 0 aliphatic rings. The van der Waals surface area contributed by atoms with Gasteiger partial charge >= 0.3 is 0 Å². The Morgan fingerprint density at radius 2 is 2.17 bits per heavy atom. The molecule has 0 radical (unpaired) electrons. The van der Waals surface area contributed by atoms with E-state index >= 15 is 0 Å². The van der Waals surface area contributed by atoms with Gasteiger partial charge in [-0.3, -0.25) is 4.79 Å². The van der Waals surface area contributed by atoms with Crippen molar-refractivity contribution in [3.05, 3.63) is 23.8 Å².